The van der Waals surface area contributed by atoms with Gasteiger partial charge < -0.3 is 14.8 Å². The normalized spacial score (nSPS) is 13.1. The Morgan fingerprint density at radius 1 is 1.38 bits per heavy atom. The van der Waals surface area contributed by atoms with Crippen molar-refractivity contribution in [3.8, 4) is 0 Å². The molecule has 1 heterocycles. The number of hydrogen-bond donors (Lipinski definition) is 1. The summed E-state index contributed by atoms with van der Waals surface area (Å²) in [6, 6.07) is 2.59. The van der Waals surface area contributed by atoms with Gasteiger partial charge in [-0.05, 0) is 17.4 Å². The zero-order chi connectivity index (χ0) is 15.8. The predicted molar refractivity (Wildman–Crippen MR) is 78.0 cm³/mol. The molecule has 116 valence electrons. The summed E-state index contributed by atoms with van der Waals surface area (Å²) in [5, 5.41) is 4.27. The number of carbonyl (C=O) groups is 3. The number of thiophene rings is 1. The molecule has 21 heavy (non-hydrogen) atoms. The van der Waals surface area contributed by atoms with Gasteiger partial charge in [0.25, 0.3) is 5.91 Å². The number of hydrogen-bond acceptors (Lipinski definition) is 6. The van der Waals surface area contributed by atoms with Crippen LogP contribution in [0.1, 0.15) is 29.9 Å². The van der Waals surface area contributed by atoms with Crippen molar-refractivity contribution in [1.82, 2.24) is 5.32 Å². The van der Waals surface area contributed by atoms with Crippen molar-refractivity contribution in [3.05, 3.63) is 22.4 Å². The Balaban J connectivity index is 2.50. The molecule has 0 fully saturated rings. The molecular weight excluding hydrogens is 294 g/mol. The molecule has 0 saturated heterocycles. The quantitative estimate of drug-likeness (QED) is 0.773. The third kappa shape index (κ3) is 5.18. The zero-order valence-electron chi connectivity index (χ0n) is 12.3. The van der Waals surface area contributed by atoms with E-state index in [0.29, 0.717) is 11.3 Å². The first-order valence-electron chi connectivity index (χ1n) is 6.57. The van der Waals surface area contributed by atoms with Crippen LogP contribution in [0.3, 0.4) is 0 Å². The Kier molecular flexibility index (Phi) is 6.87. The Labute approximate surface area is 127 Å². The van der Waals surface area contributed by atoms with Crippen LogP contribution in [-0.2, 0) is 19.1 Å². The lowest BCUT2D eigenvalue weighted by Gasteiger charge is -2.21. The minimum absolute atomic E-state index is 0.0746. The molecule has 0 radical (unpaired) electrons. The van der Waals surface area contributed by atoms with Crippen LogP contribution in [-0.4, -0.2) is 37.6 Å². The Morgan fingerprint density at radius 2 is 2.10 bits per heavy atom. The topological polar surface area (TPSA) is 81.7 Å². The molecule has 7 heteroatoms. The van der Waals surface area contributed by atoms with E-state index in [4.69, 9.17) is 4.74 Å². The lowest BCUT2D eigenvalue weighted by molar-refractivity contribution is -0.147. The smallest absolute Gasteiger partial charge is 0.348 e. The molecule has 2 atom stereocenters. The van der Waals surface area contributed by atoms with Crippen molar-refractivity contribution >= 4 is 29.2 Å². The van der Waals surface area contributed by atoms with E-state index in [2.05, 4.69) is 10.1 Å². The van der Waals surface area contributed by atoms with Gasteiger partial charge in [0.05, 0.1) is 7.11 Å². The minimum Gasteiger partial charge on any atom is -0.467 e. The van der Waals surface area contributed by atoms with Crippen LogP contribution >= 0.6 is 11.3 Å². The third-order valence-electron chi connectivity index (χ3n) is 3.04. The van der Waals surface area contributed by atoms with Crippen LogP contribution in [0.5, 0.6) is 0 Å². The Morgan fingerprint density at radius 3 is 2.62 bits per heavy atom. The number of rotatable bonds is 7. The molecule has 1 N–H and O–H groups in total. The Bertz CT molecular complexity index is 486. The van der Waals surface area contributed by atoms with Gasteiger partial charge in [-0.3, -0.25) is 4.79 Å². The second-order valence-electron chi connectivity index (χ2n) is 4.51. The summed E-state index contributed by atoms with van der Waals surface area (Å²) in [5.41, 5.74) is 0. The van der Waals surface area contributed by atoms with Crippen LogP contribution in [0.4, 0.5) is 0 Å². The van der Waals surface area contributed by atoms with Crippen molar-refractivity contribution < 1.29 is 23.9 Å². The molecule has 0 unspecified atom stereocenters. The molecule has 0 aromatic carbocycles. The average molecular weight is 313 g/mol. The van der Waals surface area contributed by atoms with E-state index < -0.39 is 30.5 Å². The van der Waals surface area contributed by atoms with Gasteiger partial charge in [0, 0.05) is 0 Å². The molecule has 0 saturated carbocycles. The van der Waals surface area contributed by atoms with Gasteiger partial charge in [0.15, 0.2) is 6.61 Å². The zero-order valence-corrected chi connectivity index (χ0v) is 13.1. The van der Waals surface area contributed by atoms with E-state index >= 15 is 0 Å². The summed E-state index contributed by atoms with van der Waals surface area (Å²) in [7, 11) is 1.26. The van der Waals surface area contributed by atoms with Crippen LogP contribution in [0.25, 0.3) is 0 Å². The highest BCUT2D eigenvalue weighted by molar-refractivity contribution is 7.11. The van der Waals surface area contributed by atoms with E-state index in [-0.39, 0.29) is 5.92 Å². The van der Waals surface area contributed by atoms with Crippen LogP contribution in [0.2, 0.25) is 0 Å². The first-order chi connectivity index (χ1) is 9.99. The highest BCUT2D eigenvalue weighted by Gasteiger charge is 2.27. The third-order valence-corrected chi connectivity index (χ3v) is 3.89. The average Bonchev–Trinajstić information content (AvgIpc) is 3.03. The molecule has 1 amide bonds. The summed E-state index contributed by atoms with van der Waals surface area (Å²) in [6.07, 6.45) is 0.703. The molecule has 0 spiro atoms. The molecule has 1 aromatic heterocycles. The van der Waals surface area contributed by atoms with Crippen molar-refractivity contribution in [1.29, 1.82) is 0 Å². The summed E-state index contributed by atoms with van der Waals surface area (Å²) < 4.78 is 9.54. The molecule has 6 nitrogen and oxygen atoms in total. The standard InChI is InChI=1S/C14H19NO5S/c1-4-9(2)12(14(18)19-3)15-11(16)8-20-13(17)10-6-5-7-21-10/h5-7,9,12H,4,8H2,1-3H3,(H,15,16)/t9-,12-/m1/s1. The van der Waals surface area contributed by atoms with Gasteiger partial charge >= 0.3 is 11.9 Å². The number of esters is 2. The Hall–Kier alpha value is -1.89. The maximum atomic E-state index is 11.8. The molecule has 0 aliphatic carbocycles. The van der Waals surface area contributed by atoms with Gasteiger partial charge in [0.1, 0.15) is 10.9 Å². The first-order valence-corrected chi connectivity index (χ1v) is 7.45. The number of amides is 1. The molecule has 1 aromatic rings. The number of nitrogens with one attached hydrogen (secondary N) is 1. The van der Waals surface area contributed by atoms with Crippen molar-refractivity contribution in [2.75, 3.05) is 13.7 Å². The van der Waals surface area contributed by atoms with E-state index in [1.54, 1.807) is 17.5 Å². The monoisotopic (exact) mass is 313 g/mol. The second kappa shape index (κ2) is 8.41. The van der Waals surface area contributed by atoms with E-state index in [9.17, 15) is 14.4 Å². The summed E-state index contributed by atoms with van der Waals surface area (Å²) in [5.74, 6) is -1.68. The van der Waals surface area contributed by atoms with Gasteiger partial charge in [-0.15, -0.1) is 11.3 Å². The van der Waals surface area contributed by atoms with Crippen molar-refractivity contribution in [2.45, 2.75) is 26.3 Å². The maximum absolute atomic E-state index is 11.8. The molecule has 0 bridgehead atoms. The lowest BCUT2D eigenvalue weighted by atomic mass is 9.99. The van der Waals surface area contributed by atoms with Gasteiger partial charge in [-0.25, -0.2) is 9.59 Å². The highest BCUT2D eigenvalue weighted by Crippen LogP contribution is 2.11. The van der Waals surface area contributed by atoms with E-state index in [0.717, 1.165) is 0 Å². The van der Waals surface area contributed by atoms with Crippen LogP contribution in [0, 0.1) is 5.92 Å². The van der Waals surface area contributed by atoms with E-state index in [1.807, 2.05) is 13.8 Å². The number of methoxy groups -OCH3 is 1. The number of carbonyl (C=O) groups excluding carboxylic acids is 3. The first kappa shape index (κ1) is 17.2. The van der Waals surface area contributed by atoms with Gasteiger partial charge in [-0.2, -0.15) is 0 Å². The van der Waals surface area contributed by atoms with Crippen molar-refractivity contribution in [3.63, 3.8) is 0 Å². The maximum Gasteiger partial charge on any atom is 0.348 e. The molecule has 0 aliphatic heterocycles. The largest absolute Gasteiger partial charge is 0.467 e. The molecule has 0 aliphatic rings. The second-order valence-corrected chi connectivity index (χ2v) is 5.46. The van der Waals surface area contributed by atoms with Crippen molar-refractivity contribution in [2.24, 2.45) is 5.92 Å². The van der Waals surface area contributed by atoms with Gasteiger partial charge in [-0.1, -0.05) is 26.3 Å². The predicted octanol–water partition coefficient (Wildman–Crippen LogP) is 1.61. The summed E-state index contributed by atoms with van der Waals surface area (Å²) in [4.78, 5) is 35.4. The van der Waals surface area contributed by atoms with Gasteiger partial charge in [0.2, 0.25) is 0 Å². The fourth-order valence-electron chi connectivity index (χ4n) is 1.61. The molecule has 1 rings (SSSR count). The van der Waals surface area contributed by atoms with E-state index in [1.165, 1.54) is 18.4 Å². The fraction of sp³-hybridized carbons (Fsp3) is 0.500. The minimum atomic E-state index is -0.743. The lowest BCUT2D eigenvalue weighted by Crippen LogP contribution is -2.47. The number of ether oxygens (including phenoxy) is 2. The SMILES string of the molecule is CC[C@@H](C)[C@@H](NC(=O)COC(=O)c1cccs1)C(=O)OC. The summed E-state index contributed by atoms with van der Waals surface area (Å²) in [6.45, 7) is 3.31. The molecular formula is C14H19NO5S. The van der Waals surface area contributed by atoms with Crippen LogP contribution in [0.15, 0.2) is 17.5 Å². The highest BCUT2D eigenvalue weighted by atomic mass is 32.1. The van der Waals surface area contributed by atoms with Crippen LogP contribution < -0.4 is 5.32 Å². The fourth-order valence-corrected chi connectivity index (χ4v) is 2.22. The summed E-state index contributed by atoms with van der Waals surface area (Å²) >= 11 is 1.23.